The number of rotatable bonds is 6. The Morgan fingerprint density at radius 1 is 1.67 bits per heavy atom. The van der Waals surface area contributed by atoms with Crippen LogP contribution in [0.1, 0.15) is 10.6 Å². The van der Waals surface area contributed by atoms with Gasteiger partial charge in [-0.25, -0.2) is 4.98 Å². The highest BCUT2D eigenvalue weighted by molar-refractivity contribution is 7.09. The molecule has 0 aromatic carbocycles. The van der Waals surface area contributed by atoms with E-state index in [0.717, 1.165) is 12.2 Å². The summed E-state index contributed by atoms with van der Waals surface area (Å²) >= 11 is 1.62. The lowest BCUT2D eigenvalue weighted by Crippen LogP contribution is -2.27. The zero-order valence-electron chi connectivity index (χ0n) is 9.32. The molecule has 0 aliphatic heterocycles. The fourth-order valence-electron chi connectivity index (χ4n) is 1.29. The van der Waals surface area contributed by atoms with E-state index in [-0.39, 0.29) is 12.4 Å². The zero-order valence-corrected chi connectivity index (χ0v) is 10.1. The number of ketones is 1. The lowest BCUT2D eigenvalue weighted by atomic mass is 10.3. The number of carbonyl (C=O) groups is 1. The molecule has 15 heavy (non-hydrogen) atoms. The second kappa shape index (κ2) is 5.95. The Morgan fingerprint density at radius 3 is 2.93 bits per heavy atom. The van der Waals surface area contributed by atoms with Gasteiger partial charge < -0.3 is 4.74 Å². The summed E-state index contributed by atoms with van der Waals surface area (Å²) in [6, 6.07) is 0. The number of methoxy groups -OCH3 is 1. The molecular formula is C10H16N2O2S. The quantitative estimate of drug-likeness (QED) is 0.731. The van der Waals surface area contributed by atoms with Crippen LogP contribution in [0.4, 0.5) is 0 Å². The Kier molecular flexibility index (Phi) is 4.87. The van der Waals surface area contributed by atoms with Gasteiger partial charge in [0.05, 0.1) is 17.7 Å². The van der Waals surface area contributed by atoms with Crippen LogP contribution in [-0.2, 0) is 16.1 Å². The predicted molar refractivity (Wildman–Crippen MR) is 60.1 cm³/mol. The number of aryl methyl sites for hydroxylation is 1. The van der Waals surface area contributed by atoms with Crippen LogP contribution in [0.25, 0.3) is 0 Å². The monoisotopic (exact) mass is 228 g/mol. The fraction of sp³-hybridized carbons (Fsp3) is 0.600. The second-order valence-electron chi connectivity index (χ2n) is 3.50. The average molecular weight is 228 g/mol. The molecule has 0 radical (unpaired) electrons. The van der Waals surface area contributed by atoms with Crippen molar-refractivity contribution in [2.24, 2.45) is 0 Å². The Hall–Kier alpha value is -0.780. The molecule has 0 fully saturated rings. The number of likely N-dealkylation sites (N-methyl/N-ethyl adjacent to an activating group) is 1. The van der Waals surface area contributed by atoms with Crippen LogP contribution in [0, 0.1) is 6.92 Å². The largest absolute Gasteiger partial charge is 0.377 e. The van der Waals surface area contributed by atoms with Crippen LogP contribution in [0.5, 0.6) is 0 Å². The molecule has 0 unspecified atom stereocenters. The van der Waals surface area contributed by atoms with Gasteiger partial charge in [0.25, 0.3) is 0 Å². The second-order valence-corrected chi connectivity index (χ2v) is 4.44. The van der Waals surface area contributed by atoms with Crippen molar-refractivity contribution in [3.05, 3.63) is 16.1 Å². The van der Waals surface area contributed by atoms with Crippen LogP contribution in [0.15, 0.2) is 5.51 Å². The maximum atomic E-state index is 11.3. The van der Waals surface area contributed by atoms with Crippen molar-refractivity contribution >= 4 is 17.1 Å². The summed E-state index contributed by atoms with van der Waals surface area (Å²) in [6.45, 7) is 3.36. The smallest absolute Gasteiger partial charge is 0.172 e. The number of carbonyl (C=O) groups excluding carboxylic acids is 1. The van der Waals surface area contributed by atoms with Gasteiger partial charge in [0, 0.05) is 18.5 Å². The van der Waals surface area contributed by atoms with Crippen molar-refractivity contribution in [2.45, 2.75) is 13.5 Å². The SMILES string of the molecule is COCC(=O)CN(C)Cc1scnc1C. The molecule has 1 aromatic heterocycles. The van der Waals surface area contributed by atoms with Crippen molar-refractivity contribution in [2.75, 3.05) is 27.3 Å². The van der Waals surface area contributed by atoms with E-state index < -0.39 is 0 Å². The molecule has 4 nitrogen and oxygen atoms in total. The van der Waals surface area contributed by atoms with Gasteiger partial charge in [0.1, 0.15) is 6.61 Å². The van der Waals surface area contributed by atoms with Crippen LogP contribution in [0.2, 0.25) is 0 Å². The van der Waals surface area contributed by atoms with E-state index in [1.807, 2.05) is 24.4 Å². The standard InChI is InChI=1S/C10H16N2O2S/c1-8-10(15-7-11-8)5-12(2)4-9(13)6-14-3/h7H,4-6H2,1-3H3. The molecule has 0 saturated heterocycles. The first-order chi connectivity index (χ1) is 7.13. The first-order valence-corrected chi connectivity index (χ1v) is 5.59. The Balaban J connectivity index is 2.39. The number of ether oxygens (including phenoxy) is 1. The fourth-order valence-corrected chi connectivity index (χ4v) is 2.14. The minimum absolute atomic E-state index is 0.0992. The van der Waals surface area contributed by atoms with Crippen molar-refractivity contribution in [3.63, 3.8) is 0 Å². The zero-order chi connectivity index (χ0) is 11.3. The lowest BCUT2D eigenvalue weighted by molar-refractivity contribution is -0.123. The van der Waals surface area contributed by atoms with Crippen molar-refractivity contribution < 1.29 is 9.53 Å². The first-order valence-electron chi connectivity index (χ1n) is 4.71. The van der Waals surface area contributed by atoms with Gasteiger partial charge in [-0.15, -0.1) is 11.3 Å². The molecular weight excluding hydrogens is 212 g/mol. The molecule has 5 heteroatoms. The highest BCUT2D eigenvalue weighted by atomic mass is 32.1. The predicted octanol–water partition coefficient (Wildman–Crippen LogP) is 1.10. The van der Waals surface area contributed by atoms with E-state index in [9.17, 15) is 4.79 Å². The minimum Gasteiger partial charge on any atom is -0.377 e. The van der Waals surface area contributed by atoms with Gasteiger partial charge in [0.2, 0.25) is 0 Å². The number of hydrogen-bond acceptors (Lipinski definition) is 5. The molecule has 0 atom stereocenters. The number of aromatic nitrogens is 1. The number of Topliss-reactive ketones (excluding diaryl/α,β-unsaturated/α-hetero) is 1. The summed E-state index contributed by atoms with van der Waals surface area (Å²) in [6.07, 6.45) is 0. The van der Waals surface area contributed by atoms with E-state index >= 15 is 0 Å². The van der Waals surface area contributed by atoms with Gasteiger partial charge in [-0.05, 0) is 14.0 Å². The molecule has 0 saturated carbocycles. The average Bonchev–Trinajstić information content (AvgIpc) is 2.52. The molecule has 0 N–H and O–H groups in total. The van der Waals surface area contributed by atoms with E-state index in [0.29, 0.717) is 6.54 Å². The molecule has 0 aliphatic carbocycles. The maximum Gasteiger partial charge on any atom is 0.172 e. The van der Waals surface area contributed by atoms with Crippen molar-refractivity contribution in [1.82, 2.24) is 9.88 Å². The Labute approximate surface area is 93.9 Å². The van der Waals surface area contributed by atoms with Gasteiger partial charge >= 0.3 is 0 Å². The highest BCUT2D eigenvalue weighted by Crippen LogP contribution is 2.13. The van der Waals surface area contributed by atoms with Crippen LogP contribution >= 0.6 is 11.3 Å². The van der Waals surface area contributed by atoms with Gasteiger partial charge in [-0.1, -0.05) is 0 Å². The summed E-state index contributed by atoms with van der Waals surface area (Å²) in [5.74, 6) is 0.0992. The summed E-state index contributed by atoms with van der Waals surface area (Å²) < 4.78 is 4.78. The summed E-state index contributed by atoms with van der Waals surface area (Å²) in [4.78, 5) is 18.6. The molecule has 0 spiro atoms. The van der Waals surface area contributed by atoms with Crippen LogP contribution < -0.4 is 0 Å². The van der Waals surface area contributed by atoms with Gasteiger partial charge in [-0.2, -0.15) is 0 Å². The maximum absolute atomic E-state index is 11.3. The van der Waals surface area contributed by atoms with Crippen LogP contribution in [-0.4, -0.2) is 43.0 Å². The summed E-state index contributed by atoms with van der Waals surface area (Å²) in [5.41, 5.74) is 2.88. The molecule has 1 aromatic rings. The minimum atomic E-state index is 0.0992. The first kappa shape index (κ1) is 12.3. The number of hydrogen-bond donors (Lipinski definition) is 0. The van der Waals surface area contributed by atoms with E-state index in [1.165, 1.54) is 12.0 Å². The number of nitrogens with zero attached hydrogens (tertiary/aromatic N) is 2. The Morgan fingerprint density at radius 2 is 2.40 bits per heavy atom. The third kappa shape index (κ3) is 4.07. The van der Waals surface area contributed by atoms with E-state index in [1.54, 1.807) is 11.3 Å². The molecule has 0 amide bonds. The van der Waals surface area contributed by atoms with Crippen LogP contribution in [0.3, 0.4) is 0 Å². The van der Waals surface area contributed by atoms with Crippen molar-refractivity contribution in [3.8, 4) is 0 Å². The van der Waals surface area contributed by atoms with Gasteiger partial charge in [0.15, 0.2) is 5.78 Å². The third-order valence-corrected chi connectivity index (χ3v) is 2.93. The molecule has 1 heterocycles. The highest BCUT2D eigenvalue weighted by Gasteiger charge is 2.09. The van der Waals surface area contributed by atoms with E-state index in [2.05, 4.69) is 4.98 Å². The third-order valence-electron chi connectivity index (χ3n) is 2.01. The molecule has 1 rings (SSSR count). The van der Waals surface area contributed by atoms with Crippen molar-refractivity contribution in [1.29, 1.82) is 0 Å². The molecule has 0 bridgehead atoms. The summed E-state index contributed by atoms with van der Waals surface area (Å²) in [7, 11) is 3.46. The Bertz CT molecular complexity index is 325. The van der Waals surface area contributed by atoms with Gasteiger partial charge in [-0.3, -0.25) is 9.69 Å². The molecule has 0 aliphatic rings. The summed E-state index contributed by atoms with van der Waals surface area (Å²) in [5, 5.41) is 0. The lowest BCUT2D eigenvalue weighted by Gasteiger charge is -2.14. The van der Waals surface area contributed by atoms with E-state index in [4.69, 9.17) is 4.74 Å². The topological polar surface area (TPSA) is 42.4 Å². The molecule has 84 valence electrons. The normalized spacial score (nSPS) is 10.9. The number of thiazole rings is 1.